The number of benzene rings is 1. The number of aliphatic imine (C=N–C) groups is 1. The van der Waals surface area contributed by atoms with Crippen molar-refractivity contribution < 1.29 is 19.7 Å². The summed E-state index contributed by atoms with van der Waals surface area (Å²) in [5, 5.41) is 18.7. The van der Waals surface area contributed by atoms with Crippen molar-refractivity contribution in [1.29, 1.82) is 0 Å². The fraction of sp³-hybridized carbons (Fsp3) is 0.375. The van der Waals surface area contributed by atoms with Gasteiger partial charge in [0.25, 0.3) is 0 Å². The molecule has 21 heavy (non-hydrogen) atoms. The summed E-state index contributed by atoms with van der Waals surface area (Å²) in [5.74, 6) is 0.672. The number of ketones is 1. The Morgan fingerprint density at radius 1 is 1.33 bits per heavy atom. The second-order valence-electron chi connectivity index (χ2n) is 4.92. The van der Waals surface area contributed by atoms with E-state index in [9.17, 15) is 9.90 Å². The van der Waals surface area contributed by atoms with Gasteiger partial charge in [-0.3, -0.25) is 9.79 Å². The smallest absolute Gasteiger partial charge is 0.168 e. The number of carbonyl (C=O) groups is 1. The maximum absolute atomic E-state index is 12.1. The van der Waals surface area contributed by atoms with Crippen LogP contribution < -0.4 is 4.74 Å². The van der Waals surface area contributed by atoms with Crippen molar-refractivity contribution in [2.75, 3.05) is 20.3 Å². The Kier molecular flexibility index (Phi) is 5.11. The van der Waals surface area contributed by atoms with E-state index in [0.717, 1.165) is 11.3 Å². The highest BCUT2D eigenvalue weighted by Gasteiger charge is 2.27. The first-order valence-electron chi connectivity index (χ1n) is 6.85. The van der Waals surface area contributed by atoms with Crippen LogP contribution >= 0.6 is 0 Å². The molecule has 112 valence electrons. The molecule has 0 fully saturated rings. The zero-order valence-corrected chi connectivity index (χ0v) is 12.0. The van der Waals surface area contributed by atoms with E-state index in [2.05, 4.69) is 4.99 Å². The number of methoxy groups -OCH3 is 1. The maximum atomic E-state index is 12.1. The van der Waals surface area contributed by atoms with E-state index >= 15 is 0 Å². The van der Waals surface area contributed by atoms with Crippen molar-refractivity contribution in [1.82, 2.24) is 0 Å². The third-order valence-corrected chi connectivity index (χ3v) is 3.52. The van der Waals surface area contributed by atoms with Gasteiger partial charge in [0, 0.05) is 19.1 Å². The molecule has 1 aromatic carbocycles. The Hall–Kier alpha value is -2.14. The predicted molar refractivity (Wildman–Crippen MR) is 80.1 cm³/mol. The Morgan fingerprint density at radius 2 is 2.05 bits per heavy atom. The summed E-state index contributed by atoms with van der Waals surface area (Å²) in [6.45, 7) is 0.152. The molecule has 0 amide bonds. The van der Waals surface area contributed by atoms with Crippen molar-refractivity contribution >= 4 is 12.0 Å². The number of hydrogen-bond acceptors (Lipinski definition) is 5. The van der Waals surface area contributed by atoms with Crippen LogP contribution in [0.5, 0.6) is 5.75 Å². The zero-order chi connectivity index (χ0) is 15.2. The standard InChI is InChI=1S/C16H19NO4/c1-21-13-4-2-11(3-5-13)12-8-15(19)14(16(20)9-12)10-17-6-7-18/h2-5,10,12,18-19H,6-9H2,1H3. The monoisotopic (exact) mass is 289 g/mol. The summed E-state index contributed by atoms with van der Waals surface area (Å²) in [6, 6.07) is 7.52. The molecule has 0 heterocycles. The first-order valence-corrected chi connectivity index (χ1v) is 6.85. The molecule has 1 aliphatic carbocycles. The molecule has 2 N–H and O–H groups in total. The Bertz CT molecular complexity index is 560. The van der Waals surface area contributed by atoms with Gasteiger partial charge in [-0.25, -0.2) is 0 Å². The highest BCUT2D eigenvalue weighted by molar-refractivity contribution is 6.14. The van der Waals surface area contributed by atoms with E-state index in [4.69, 9.17) is 9.84 Å². The summed E-state index contributed by atoms with van der Waals surface area (Å²) in [4.78, 5) is 16.0. The minimum absolute atomic E-state index is 0.0293. The van der Waals surface area contributed by atoms with E-state index in [1.807, 2.05) is 24.3 Å². The molecule has 5 heteroatoms. The highest BCUT2D eigenvalue weighted by atomic mass is 16.5. The fourth-order valence-corrected chi connectivity index (χ4v) is 2.38. The first-order chi connectivity index (χ1) is 10.2. The lowest BCUT2D eigenvalue weighted by molar-refractivity contribution is -0.116. The molecule has 0 saturated carbocycles. The Morgan fingerprint density at radius 3 is 2.62 bits per heavy atom. The van der Waals surface area contributed by atoms with Gasteiger partial charge in [0.15, 0.2) is 5.78 Å². The third-order valence-electron chi connectivity index (χ3n) is 3.52. The van der Waals surface area contributed by atoms with E-state index in [1.54, 1.807) is 7.11 Å². The van der Waals surface area contributed by atoms with Gasteiger partial charge in [-0.2, -0.15) is 0 Å². The van der Waals surface area contributed by atoms with Gasteiger partial charge < -0.3 is 14.9 Å². The van der Waals surface area contributed by atoms with Gasteiger partial charge >= 0.3 is 0 Å². The van der Waals surface area contributed by atoms with E-state index in [0.29, 0.717) is 12.8 Å². The molecule has 2 rings (SSSR count). The van der Waals surface area contributed by atoms with Crippen LogP contribution in [0.25, 0.3) is 0 Å². The van der Waals surface area contributed by atoms with Gasteiger partial charge in [-0.15, -0.1) is 0 Å². The second-order valence-corrected chi connectivity index (χ2v) is 4.92. The lowest BCUT2D eigenvalue weighted by Crippen LogP contribution is -2.19. The average molecular weight is 289 g/mol. The fourth-order valence-electron chi connectivity index (χ4n) is 2.38. The largest absolute Gasteiger partial charge is 0.511 e. The molecule has 5 nitrogen and oxygen atoms in total. The maximum Gasteiger partial charge on any atom is 0.168 e. The van der Waals surface area contributed by atoms with Gasteiger partial charge in [0.1, 0.15) is 11.5 Å². The van der Waals surface area contributed by atoms with Crippen molar-refractivity contribution in [2.45, 2.75) is 18.8 Å². The quantitative estimate of drug-likeness (QED) is 0.813. The summed E-state index contributed by atoms with van der Waals surface area (Å²) in [5.41, 5.74) is 1.26. The van der Waals surface area contributed by atoms with Crippen LogP contribution in [-0.2, 0) is 4.79 Å². The zero-order valence-electron chi connectivity index (χ0n) is 12.0. The SMILES string of the molecule is COc1ccc(C2CC(=O)C(C=NCCO)=C(O)C2)cc1. The van der Waals surface area contributed by atoms with Crippen molar-refractivity contribution in [2.24, 2.45) is 4.99 Å². The molecule has 0 aromatic heterocycles. The number of Topliss-reactive ketones (excluding diaryl/α,β-unsaturated/α-hetero) is 1. The number of nitrogens with zero attached hydrogens (tertiary/aromatic N) is 1. The Balaban J connectivity index is 2.14. The number of carbonyl (C=O) groups excluding carboxylic acids is 1. The molecule has 1 atom stereocenters. The van der Waals surface area contributed by atoms with Gasteiger partial charge in [0.2, 0.25) is 0 Å². The van der Waals surface area contributed by atoms with Crippen LogP contribution in [0, 0.1) is 0 Å². The van der Waals surface area contributed by atoms with Crippen molar-refractivity contribution in [3.8, 4) is 5.75 Å². The first kappa shape index (κ1) is 15.3. The molecule has 0 saturated heterocycles. The number of ether oxygens (including phenoxy) is 1. The molecule has 1 aromatic rings. The lowest BCUT2D eigenvalue weighted by Gasteiger charge is -2.22. The minimum atomic E-state index is -0.124. The third kappa shape index (κ3) is 3.70. The van der Waals surface area contributed by atoms with Crippen LogP contribution in [0.1, 0.15) is 24.3 Å². The molecule has 0 spiro atoms. The van der Waals surface area contributed by atoms with Crippen LogP contribution in [0.3, 0.4) is 0 Å². The molecule has 1 aliphatic rings. The summed E-state index contributed by atoms with van der Waals surface area (Å²) in [7, 11) is 1.60. The summed E-state index contributed by atoms with van der Waals surface area (Å²) in [6.07, 6.45) is 2.12. The van der Waals surface area contributed by atoms with Crippen molar-refractivity contribution in [3.05, 3.63) is 41.2 Å². The number of rotatable bonds is 5. The van der Waals surface area contributed by atoms with Gasteiger partial charge in [0.05, 0.1) is 25.8 Å². The van der Waals surface area contributed by atoms with Crippen LogP contribution in [0.4, 0.5) is 0 Å². The summed E-state index contributed by atoms with van der Waals surface area (Å²) >= 11 is 0. The minimum Gasteiger partial charge on any atom is -0.511 e. The molecule has 0 aliphatic heterocycles. The number of allylic oxidation sites excluding steroid dienone is 2. The normalized spacial score (nSPS) is 19.3. The molecule has 1 unspecified atom stereocenters. The molecule has 0 radical (unpaired) electrons. The van der Waals surface area contributed by atoms with Gasteiger partial charge in [-0.1, -0.05) is 12.1 Å². The van der Waals surface area contributed by atoms with Gasteiger partial charge in [-0.05, 0) is 23.6 Å². The van der Waals surface area contributed by atoms with Crippen LogP contribution in [0.2, 0.25) is 0 Å². The van der Waals surface area contributed by atoms with E-state index in [1.165, 1.54) is 6.21 Å². The molecular weight excluding hydrogens is 270 g/mol. The number of aliphatic hydroxyl groups is 2. The number of aliphatic hydroxyl groups excluding tert-OH is 2. The van der Waals surface area contributed by atoms with E-state index < -0.39 is 0 Å². The Labute approximate surface area is 123 Å². The molecular formula is C16H19NO4. The lowest BCUT2D eigenvalue weighted by atomic mass is 9.83. The van der Waals surface area contributed by atoms with Crippen LogP contribution in [0.15, 0.2) is 40.6 Å². The average Bonchev–Trinajstić information content (AvgIpc) is 2.50. The van der Waals surface area contributed by atoms with Crippen LogP contribution in [-0.4, -0.2) is 42.5 Å². The second kappa shape index (κ2) is 7.04. The summed E-state index contributed by atoms with van der Waals surface area (Å²) < 4.78 is 5.11. The van der Waals surface area contributed by atoms with Crippen molar-refractivity contribution in [3.63, 3.8) is 0 Å². The highest BCUT2D eigenvalue weighted by Crippen LogP contribution is 2.33. The molecule has 0 bridgehead atoms. The van der Waals surface area contributed by atoms with E-state index in [-0.39, 0.29) is 36.2 Å². The topological polar surface area (TPSA) is 79.1 Å². The predicted octanol–water partition coefficient (Wildman–Crippen LogP) is 2.02. The number of hydrogen-bond donors (Lipinski definition) is 2.